The molecule has 0 aromatic heterocycles. The van der Waals surface area contributed by atoms with E-state index in [0.29, 0.717) is 5.88 Å². The molecule has 1 nitrogen and oxygen atoms in total. The lowest BCUT2D eigenvalue weighted by Crippen LogP contribution is -2.16. The van der Waals surface area contributed by atoms with Gasteiger partial charge in [-0.3, -0.25) is 0 Å². The van der Waals surface area contributed by atoms with E-state index in [1.54, 1.807) is 0 Å². The van der Waals surface area contributed by atoms with Crippen LogP contribution in [-0.4, -0.2) is 20.3 Å². The first-order valence-electron chi connectivity index (χ1n) is 2.52. The summed E-state index contributed by atoms with van der Waals surface area (Å²) < 4.78 is 5.17. The lowest BCUT2D eigenvalue weighted by molar-refractivity contribution is 0.257. The van der Waals surface area contributed by atoms with E-state index in [1.807, 2.05) is 13.5 Å². The van der Waals surface area contributed by atoms with Crippen LogP contribution in [0.5, 0.6) is 0 Å². The van der Waals surface area contributed by atoms with Crippen LogP contribution in [0.2, 0.25) is 6.55 Å². The van der Waals surface area contributed by atoms with Crippen LogP contribution in [0.3, 0.4) is 0 Å². The fraction of sp³-hybridized carbons (Fsp3) is 1.00. The second-order valence-corrected chi connectivity index (χ2v) is 5.15. The van der Waals surface area contributed by atoms with Crippen molar-refractivity contribution >= 4 is 31.0 Å². The van der Waals surface area contributed by atoms with Crippen molar-refractivity contribution in [1.29, 1.82) is 0 Å². The van der Waals surface area contributed by atoms with Crippen molar-refractivity contribution in [3.8, 4) is 0 Å². The monoisotopic (exact) mass is 172 g/mol. The molecule has 0 fully saturated rings. The molecule has 0 aromatic carbocycles. The molecule has 0 aliphatic carbocycles. The molecule has 0 saturated heterocycles. The standard InChI is InChI=1S/C4H10Cl2OSi/c1-4(3-5)7-8(2)6/h4,8H,3H2,1-2H3. The van der Waals surface area contributed by atoms with E-state index < -0.39 is 8.35 Å². The second-order valence-electron chi connectivity index (χ2n) is 1.64. The molecule has 8 heavy (non-hydrogen) atoms. The van der Waals surface area contributed by atoms with E-state index in [0.717, 1.165) is 0 Å². The van der Waals surface area contributed by atoms with E-state index in [1.165, 1.54) is 0 Å². The van der Waals surface area contributed by atoms with Gasteiger partial charge in [0.05, 0.1) is 6.10 Å². The maximum Gasteiger partial charge on any atom is 0.271 e. The molecule has 0 amide bonds. The summed E-state index contributed by atoms with van der Waals surface area (Å²) >= 11 is 11.0. The van der Waals surface area contributed by atoms with Gasteiger partial charge < -0.3 is 4.43 Å². The van der Waals surface area contributed by atoms with Gasteiger partial charge in [-0.25, -0.2) is 0 Å². The smallest absolute Gasteiger partial charge is 0.271 e. The van der Waals surface area contributed by atoms with Crippen LogP contribution >= 0.6 is 22.7 Å². The van der Waals surface area contributed by atoms with Crippen molar-refractivity contribution in [2.45, 2.75) is 19.6 Å². The first kappa shape index (κ1) is 8.76. The van der Waals surface area contributed by atoms with Gasteiger partial charge in [0.1, 0.15) is 0 Å². The topological polar surface area (TPSA) is 9.23 Å². The predicted octanol–water partition coefficient (Wildman–Crippen LogP) is 1.72. The summed E-state index contributed by atoms with van der Waals surface area (Å²) in [6, 6.07) is 0. The molecule has 0 aliphatic rings. The van der Waals surface area contributed by atoms with Crippen LogP contribution in [0.25, 0.3) is 0 Å². The zero-order valence-electron chi connectivity index (χ0n) is 5.03. The number of hydrogen-bond acceptors (Lipinski definition) is 1. The Morgan fingerprint density at radius 1 is 1.75 bits per heavy atom. The fourth-order valence-corrected chi connectivity index (χ4v) is 1.81. The number of rotatable bonds is 3. The Labute approximate surface area is 61.4 Å². The molecule has 0 rings (SSSR count). The lowest BCUT2D eigenvalue weighted by Gasteiger charge is -2.09. The summed E-state index contributed by atoms with van der Waals surface area (Å²) in [4.78, 5) is 0. The van der Waals surface area contributed by atoms with Crippen LogP contribution in [0.1, 0.15) is 6.92 Å². The molecule has 0 aromatic rings. The van der Waals surface area contributed by atoms with E-state index >= 15 is 0 Å². The van der Waals surface area contributed by atoms with Gasteiger partial charge >= 0.3 is 0 Å². The quantitative estimate of drug-likeness (QED) is 0.358. The van der Waals surface area contributed by atoms with Gasteiger partial charge in [0.25, 0.3) is 8.35 Å². The molecule has 2 atom stereocenters. The fourth-order valence-electron chi connectivity index (χ4n) is 0.356. The highest BCUT2D eigenvalue weighted by atomic mass is 35.6. The van der Waals surface area contributed by atoms with Gasteiger partial charge in [-0.05, 0) is 13.5 Å². The largest absolute Gasteiger partial charge is 0.402 e. The van der Waals surface area contributed by atoms with Crippen LogP contribution in [-0.2, 0) is 4.43 Å². The second kappa shape index (κ2) is 4.62. The van der Waals surface area contributed by atoms with Gasteiger partial charge in [-0.15, -0.1) is 22.7 Å². The highest BCUT2D eigenvalue weighted by Gasteiger charge is 2.03. The van der Waals surface area contributed by atoms with E-state index in [-0.39, 0.29) is 6.10 Å². The number of halogens is 2. The molecule has 0 N–H and O–H groups in total. The minimum absolute atomic E-state index is 0.121. The summed E-state index contributed by atoms with van der Waals surface area (Å²) in [6.45, 7) is 3.82. The minimum atomic E-state index is -1.36. The normalized spacial score (nSPS) is 18.0. The summed E-state index contributed by atoms with van der Waals surface area (Å²) in [5, 5.41) is 0. The Morgan fingerprint density at radius 2 is 2.25 bits per heavy atom. The third-order valence-electron chi connectivity index (χ3n) is 0.637. The van der Waals surface area contributed by atoms with Crippen molar-refractivity contribution in [2.24, 2.45) is 0 Å². The molecule has 0 radical (unpaired) electrons. The van der Waals surface area contributed by atoms with Crippen LogP contribution in [0, 0.1) is 0 Å². The maximum absolute atomic E-state index is 5.61. The Balaban J connectivity index is 3.10. The first-order valence-corrected chi connectivity index (χ1v) is 6.43. The zero-order valence-corrected chi connectivity index (χ0v) is 7.69. The molecule has 50 valence electrons. The third-order valence-corrected chi connectivity index (χ3v) is 2.22. The highest BCUT2D eigenvalue weighted by Crippen LogP contribution is 1.99. The van der Waals surface area contributed by atoms with Crippen molar-refractivity contribution in [1.82, 2.24) is 0 Å². The SMILES string of the molecule is CC(CCl)O[SiH](C)Cl. The highest BCUT2D eigenvalue weighted by molar-refractivity contribution is 7.02. The van der Waals surface area contributed by atoms with Crippen molar-refractivity contribution in [3.05, 3.63) is 0 Å². The van der Waals surface area contributed by atoms with Gasteiger partial charge in [0, 0.05) is 5.88 Å². The molecule has 0 saturated carbocycles. The summed E-state index contributed by atoms with van der Waals surface area (Å²) in [5.41, 5.74) is 0. The van der Waals surface area contributed by atoms with Gasteiger partial charge in [0.2, 0.25) is 0 Å². The van der Waals surface area contributed by atoms with Crippen molar-refractivity contribution < 1.29 is 4.43 Å². The van der Waals surface area contributed by atoms with Gasteiger partial charge in [-0.1, -0.05) is 0 Å². The Bertz CT molecular complexity index is 60.0. The Hall–Kier alpha value is 0.757. The first-order chi connectivity index (χ1) is 3.66. The van der Waals surface area contributed by atoms with E-state index in [2.05, 4.69) is 0 Å². The van der Waals surface area contributed by atoms with E-state index in [9.17, 15) is 0 Å². The number of alkyl halides is 1. The lowest BCUT2D eigenvalue weighted by atomic mass is 10.5. The average Bonchev–Trinajstić information content (AvgIpc) is 1.65. The Morgan fingerprint density at radius 3 is 2.38 bits per heavy atom. The zero-order chi connectivity index (χ0) is 6.57. The molecule has 0 spiro atoms. The van der Waals surface area contributed by atoms with Gasteiger partial charge in [0.15, 0.2) is 0 Å². The minimum Gasteiger partial charge on any atom is -0.402 e. The molecule has 4 heteroatoms. The predicted molar refractivity (Wildman–Crippen MR) is 40.1 cm³/mol. The van der Waals surface area contributed by atoms with E-state index in [4.69, 9.17) is 27.1 Å². The summed E-state index contributed by atoms with van der Waals surface area (Å²) in [7, 11) is -1.36. The number of hydrogen-bond donors (Lipinski definition) is 0. The maximum atomic E-state index is 5.61. The third kappa shape index (κ3) is 4.90. The van der Waals surface area contributed by atoms with Crippen LogP contribution in [0.4, 0.5) is 0 Å². The molecule has 2 unspecified atom stereocenters. The Kier molecular flexibility index (Phi) is 5.06. The molecular formula is C4H10Cl2OSi. The summed E-state index contributed by atoms with van der Waals surface area (Å²) in [6.07, 6.45) is 0.121. The van der Waals surface area contributed by atoms with Crippen LogP contribution < -0.4 is 0 Å². The van der Waals surface area contributed by atoms with Crippen molar-refractivity contribution in [2.75, 3.05) is 5.88 Å². The molecular weight excluding hydrogens is 163 g/mol. The van der Waals surface area contributed by atoms with Crippen LogP contribution in [0.15, 0.2) is 0 Å². The molecule has 0 bridgehead atoms. The summed E-state index contributed by atoms with van der Waals surface area (Å²) in [5.74, 6) is 0.532. The average molecular weight is 173 g/mol. The van der Waals surface area contributed by atoms with Crippen molar-refractivity contribution in [3.63, 3.8) is 0 Å². The molecule has 0 heterocycles. The van der Waals surface area contributed by atoms with Gasteiger partial charge in [-0.2, -0.15) is 0 Å². The molecule has 0 aliphatic heterocycles.